The van der Waals surface area contributed by atoms with Crippen LogP contribution in [0.5, 0.6) is 0 Å². The van der Waals surface area contributed by atoms with E-state index in [9.17, 15) is 33.6 Å². The molecule has 139 heavy (non-hydrogen) atoms. The molecule has 4 fully saturated rings. The molecular weight excluding hydrogens is 1700 g/mol. The van der Waals surface area contributed by atoms with Crippen LogP contribution in [0.4, 0.5) is 0 Å². The maximum Gasteiger partial charge on any atom is 0.168 e. The molecule has 6 unspecified atom stereocenters. The summed E-state index contributed by atoms with van der Waals surface area (Å²) in [6, 6.07) is 6.14. The zero-order valence-electron chi connectivity index (χ0n) is 103. The minimum atomic E-state index is -0.324. The van der Waals surface area contributed by atoms with Crippen molar-refractivity contribution >= 4 is 40.5 Å². The molecule has 0 N–H and O–H groups in total. The number of carbonyl (C=O) groups is 7. The van der Waals surface area contributed by atoms with Gasteiger partial charge in [-0.15, -0.1) is 0 Å². The highest BCUT2D eigenvalue weighted by atomic mass is 16.2. The lowest BCUT2D eigenvalue weighted by Crippen LogP contribution is -2.44. The standard InChI is InChI=1S/C18H34.2C16H30O.C16H28O.C16H24O.C14H24.2C12H22O.C12H20O/c1-13-10-11-14(15(12-13)16(2,3)4)18(8,9)17(5,6)7;4*1-11-8-9-12(14(17)16(5,6)7)13(10-11)15(2,3)4;1-10(2)12-8-7-11(3)9-13(12)14(4,5)6;3*1-9-5-7-10(8-6-9)11(13)12(2,3)4/h12,14-15H,10-11H2,1-9H3;2*11-13H,8-10H2,1-7H3;10,12-13H,8-9H2,1-7H3;8-10H,1-7H3;9,12-13H,1,7-8H2,2-6H3;2*9-10H,5-8H2,1-4H3;5,10H,6-8H2,1-4H3/t14-,15-;11?,12-,13?;11-,12-,13?;;;12-,13+;;;/m100..0.../s1. The lowest BCUT2D eigenvalue weighted by Gasteiger charge is -2.52. The van der Waals surface area contributed by atoms with Crippen LogP contribution in [0, 0.1) is 183 Å². The minimum absolute atomic E-state index is 0.00225. The molecule has 0 aliphatic heterocycles. The molecule has 13 atom stereocenters. The van der Waals surface area contributed by atoms with E-state index < -0.39 is 0 Å². The van der Waals surface area contributed by atoms with Crippen molar-refractivity contribution in [3.05, 3.63) is 93.6 Å². The molecule has 0 bridgehead atoms. The highest BCUT2D eigenvalue weighted by molar-refractivity contribution is 6.01. The van der Waals surface area contributed by atoms with E-state index in [0.29, 0.717) is 104 Å². The summed E-state index contributed by atoms with van der Waals surface area (Å²) >= 11 is 0. The van der Waals surface area contributed by atoms with Gasteiger partial charge in [-0.3, -0.25) is 33.6 Å². The van der Waals surface area contributed by atoms with Crippen LogP contribution in [0.2, 0.25) is 0 Å². The molecule has 0 radical (unpaired) electrons. The summed E-state index contributed by atoms with van der Waals surface area (Å²) in [5.41, 5.74) is 11.4. The number of hydrogen-bond donors (Lipinski definition) is 0. The normalized spacial score (nSPS) is 26.7. The zero-order valence-corrected chi connectivity index (χ0v) is 103. The first-order valence-electron chi connectivity index (χ1n) is 56.3. The third-order valence-corrected chi connectivity index (χ3v) is 33.3. The highest BCUT2D eigenvalue weighted by Crippen LogP contribution is 2.56. The van der Waals surface area contributed by atoms with Gasteiger partial charge in [0, 0.05) is 79.0 Å². The fourth-order valence-corrected chi connectivity index (χ4v) is 22.9. The molecular formula is C132H234O7. The maximum atomic E-state index is 12.6. The molecule has 9 rings (SSSR count). The SMILES string of the molecule is C=C(C)[C@@H]1CCC(C)=C[C@H]1C(C)(C)C.CC1=CC(C(C)(C)C)C(C(=O)C(C)(C)C)CC1.CC1=CCC(C(=O)C(C)(C)C)CC1.CC1=C[C@@H](C(C)(C)C)[C@H](C(C)(C)C(C)(C)C)CC1.CC1CCC(C(=O)C(C)(C)C)CC1.CC1CCC(C(=O)C(C)(C)C)CC1.CC1CC[C@H](C(=O)C(C)(C)C)C(C(C)(C)C)C1.C[C@H]1CC[C@H](C(=O)C(C)(C)C)C(C(C)(C)C)C1.Cc1ccc(C(=O)C(C)(C)C)c(C(C)(C)C)c1. The van der Waals surface area contributed by atoms with Crippen molar-refractivity contribution in [3.63, 3.8) is 0 Å². The molecule has 8 aliphatic rings. The lowest BCUT2D eigenvalue weighted by molar-refractivity contribution is -0.136. The third kappa shape index (κ3) is 44.3. The van der Waals surface area contributed by atoms with Crippen LogP contribution in [0.15, 0.2) is 76.9 Å². The molecule has 7 heteroatoms. The second kappa shape index (κ2) is 52.5. The molecule has 0 amide bonds. The molecule has 804 valence electrons. The van der Waals surface area contributed by atoms with Gasteiger partial charge in [0.1, 0.15) is 34.7 Å². The van der Waals surface area contributed by atoms with Crippen LogP contribution in [-0.4, -0.2) is 40.5 Å². The monoisotopic (exact) mass is 1930 g/mol. The Morgan fingerprint density at radius 3 is 0.871 bits per heavy atom. The Hall–Kier alpha value is -4.39. The molecule has 0 aromatic heterocycles. The van der Waals surface area contributed by atoms with E-state index in [2.05, 4.69) is 307 Å². The molecule has 1 aromatic carbocycles. The van der Waals surface area contributed by atoms with E-state index in [4.69, 9.17) is 0 Å². The number of carbonyl (C=O) groups excluding carboxylic acids is 7. The third-order valence-electron chi connectivity index (χ3n) is 33.3. The minimum Gasteiger partial charge on any atom is -0.299 e. The van der Waals surface area contributed by atoms with Crippen molar-refractivity contribution in [3.8, 4) is 0 Å². The van der Waals surface area contributed by atoms with Gasteiger partial charge < -0.3 is 0 Å². The van der Waals surface area contributed by atoms with Gasteiger partial charge in [0.05, 0.1) is 0 Å². The Morgan fingerprint density at radius 2 is 0.583 bits per heavy atom. The first-order chi connectivity index (χ1) is 62.0. The number of aryl methyl sites for hydroxylation is 1. The average molecular weight is 1930 g/mol. The second-order valence-corrected chi connectivity index (χ2v) is 62.0. The Morgan fingerprint density at radius 1 is 0.288 bits per heavy atom. The smallest absolute Gasteiger partial charge is 0.168 e. The van der Waals surface area contributed by atoms with Crippen molar-refractivity contribution in [2.75, 3.05) is 0 Å². The van der Waals surface area contributed by atoms with Crippen molar-refractivity contribution in [1.29, 1.82) is 0 Å². The number of hydrogen-bond acceptors (Lipinski definition) is 7. The van der Waals surface area contributed by atoms with E-state index in [-0.39, 0.29) is 89.0 Å². The van der Waals surface area contributed by atoms with Gasteiger partial charge in [-0.2, -0.15) is 0 Å². The van der Waals surface area contributed by atoms with Crippen molar-refractivity contribution in [1.82, 2.24) is 0 Å². The Labute approximate surface area is 865 Å². The number of ketones is 7. The van der Waals surface area contributed by atoms with Crippen molar-refractivity contribution in [2.24, 2.45) is 176 Å². The van der Waals surface area contributed by atoms with Crippen LogP contribution < -0.4 is 0 Å². The predicted octanol–water partition coefficient (Wildman–Crippen LogP) is 39.4. The molecule has 8 aliphatic carbocycles. The van der Waals surface area contributed by atoms with E-state index >= 15 is 0 Å². The lowest BCUT2D eigenvalue weighted by atomic mass is 9.53. The summed E-state index contributed by atoms with van der Waals surface area (Å²) in [6.45, 7) is 123. The first kappa shape index (κ1) is 133. The van der Waals surface area contributed by atoms with Gasteiger partial charge >= 0.3 is 0 Å². The summed E-state index contributed by atoms with van der Waals surface area (Å²) in [5, 5.41) is 0. The fourth-order valence-electron chi connectivity index (χ4n) is 22.9. The molecule has 0 spiro atoms. The summed E-state index contributed by atoms with van der Waals surface area (Å²) in [5.74, 6) is 12.4. The summed E-state index contributed by atoms with van der Waals surface area (Å²) in [4.78, 5) is 85.9. The van der Waals surface area contributed by atoms with E-state index in [1.807, 2.05) is 116 Å². The van der Waals surface area contributed by atoms with Crippen LogP contribution in [0.1, 0.15) is 536 Å². The number of allylic oxidation sites excluding steroid dienone is 9. The number of Topliss-reactive ketones (excluding diaryl/α,β-unsaturated/α-hetero) is 7. The van der Waals surface area contributed by atoms with E-state index in [1.54, 1.807) is 11.1 Å². The quantitative estimate of drug-likeness (QED) is 0.178. The van der Waals surface area contributed by atoms with Gasteiger partial charge in [0.15, 0.2) is 5.78 Å². The largest absolute Gasteiger partial charge is 0.299 e. The number of benzene rings is 1. The maximum absolute atomic E-state index is 12.6. The van der Waals surface area contributed by atoms with Gasteiger partial charge in [-0.1, -0.05) is 453 Å². The summed E-state index contributed by atoms with van der Waals surface area (Å²) in [7, 11) is 0. The van der Waals surface area contributed by atoms with Crippen molar-refractivity contribution in [2.45, 2.75) is 527 Å². The highest BCUT2D eigenvalue weighted by Gasteiger charge is 2.50. The number of rotatable bonds is 9. The molecule has 4 saturated carbocycles. The van der Waals surface area contributed by atoms with Crippen LogP contribution in [-0.2, 0) is 34.2 Å². The van der Waals surface area contributed by atoms with Gasteiger partial charge in [0.25, 0.3) is 0 Å². The van der Waals surface area contributed by atoms with Gasteiger partial charge in [-0.05, 0) is 265 Å². The first-order valence-corrected chi connectivity index (χ1v) is 56.3. The summed E-state index contributed by atoms with van der Waals surface area (Å²) < 4.78 is 0. The summed E-state index contributed by atoms with van der Waals surface area (Å²) in [6.07, 6.45) is 36.6. The van der Waals surface area contributed by atoms with Crippen molar-refractivity contribution < 1.29 is 33.6 Å². The van der Waals surface area contributed by atoms with E-state index in [1.165, 1.54) is 99.3 Å². The Balaban J connectivity index is 0.000000784. The van der Waals surface area contributed by atoms with Gasteiger partial charge in [-0.25, -0.2) is 0 Å². The predicted molar refractivity (Wildman–Crippen MR) is 609 cm³/mol. The zero-order chi connectivity index (χ0) is 109. The van der Waals surface area contributed by atoms with Gasteiger partial charge in [0.2, 0.25) is 0 Å². The van der Waals surface area contributed by atoms with Crippen LogP contribution in [0.3, 0.4) is 0 Å². The molecule has 7 nitrogen and oxygen atoms in total. The average Bonchev–Trinajstić information content (AvgIpc) is 0.760. The van der Waals surface area contributed by atoms with Crippen LogP contribution in [0.25, 0.3) is 0 Å². The van der Waals surface area contributed by atoms with Crippen LogP contribution >= 0.6 is 0 Å². The topological polar surface area (TPSA) is 119 Å². The molecule has 0 saturated heterocycles. The molecule has 1 aromatic rings. The Bertz CT molecular complexity index is 4050. The van der Waals surface area contributed by atoms with E-state index in [0.717, 1.165) is 111 Å². The second-order valence-electron chi connectivity index (χ2n) is 62.0. The molecule has 0 heterocycles. The Kier molecular flexibility index (Phi) is 50.1. The fraction of sp³-hybridized carbons (Fsp3) is 0.826.